The van der Waals surface area contributed by atoms with Gasteiger partial charge in [0.15, 0.2) is 5.16 Å². The van der Waals surface area contributed by atoms with Gasteiger partial charge < -0.3 is 4.74 Å². The molecule has 0 aliphatic rings. The Kier molecular flexibility index (Phi) is 7.22. The van der Waals surface area contributed by atoms with E-state index in [1.807, 2.05) is 36.4 Å². The molecule has 8 heteroatoms. The molecule has 0 aliphatic heterocycles. The Bertz CT molecular complexity index is 1390. The molecule has 0 fully saturated rings. The van der Waals surface area contributed by atoms with Gasteiger partial charge in [0.2, 0.25) is 0 Å². The summed E-state index contributed by atoms with van der Waals surface area (Å²) >= 11 is 9.11. The Hall–Kier alpha value is -2.61. The number of thioether (sulfide) groups is 1. The Labute approximate surface area is 205 Å². The van der Waals surface area contributed by atoms with Gasteiger partial charge in [0.05, 0.1) is 18.5 Å². The molecule has 170 valence electrons. The first-order chi connectivity index (χ1) is 15.9. The Balaban J connectivity index is 1.84. The van der Waals surface area contributed by atoms with Crippen molar-refractivity contribution in [3.05, 3.63) is 91.0 Å². The highest BCUT2D eigenvalue weighted by Gasteiger charge is 2.23. The minimum Gasteiger partial charge on any atom is -0.462 e. The van der Waals surface area contributed by atoms with Crippen LogP contribution in [0.25, 0.3) is 10.2 Å². The summed E-state index contributed by atoms with van der Waals surface area (Å²) in [6.45, 7) is 6.16. The fourth-order valence-corrected chi connectivity index (χ4v) is 5.94. The number of nitrogens with zero attached hydrogens (tertiary/aromatic N) is 2. The lowest BCUT2D eigenvalue weighted by molar-refractivity contribution is 0.0531. The van der Waals surface area contributed by atoms with Crippen molar-refractivity contribution in [1.29, 1.82) is 0 Å². The first-order valence-corrected chi connectivity index (χ1v) is 12.7. The van der Waals surface area contributed by atoms with Crippen LogP contribution in [0, 0.1) is 13.8 Å². The number of rotatable bonds is 7. The molecule has 0 N–H and O–H groups in total. The standard InChI is InChI=1S/C25H23ClN2O3S2/c1-4-31-24(30)21-16(3)20-22(33-21)27-25(32-14-18-11-6-5-9-15(18)2)28(23(20)29)13-17-10-7-8-12-19(17)26/h5-12H,4,13-14H2,1-3H3. The molecule has 0 spiro atoms. The number of benzene rings is 2. The maximum absolute atomic E-state index is 13.7. The van der Waals surface area contributed by atoms with Gasteiger partial charge in [0.1, 0.15) is 9.71 Å². The number of carbonyl (C=O) groups excluding carboxylic acids is 1. The van der Waals surface area contributed by atoms with Gasteiger partial charge in [-0.3, -0.25) is 9.36 Å². The summed E-state index contributed by atoms with van der Waals surface area (Å²) < 4.78 is 6.83. The van der Waals surface area contributed by atoms with Crippen LogP contribution in [0.4, 0.5) is 0 Å². The number of carbonyl (C=O) groups is 1. The number of hydrogen-bond acceptors (Lipinski definition) is 6. The highest BCUT2D eigenvalue weighted by molar-refractivity contribution is 7.98. The summed E-state index contributed by atoms with van der Waals surface area (Å²) in [5.74, 6) is 0.242. The quantitative estimate of drug-likeness (QED) is 0.171. The van der Waals surface area contributed by atoms with Crippen molar-refractivity contribution in [2.24, 2.45) is 0 Å². The van der Waals surface area contributed by atoms with E-state index in [0.717, 1.165) is 5.56 Å². The monoisotopic (exact) mass is 498 g/mol. The van der Waals surface area contributed by atoms with Crippen molar-refractivity contribution in [3.8, 4) is 0 Å². The second kappa shape index (κ2) is 10.1. The lowest BCUT2D eigenvalue weighted by Gasteiger charge is -2.14. The number of hydrogen-bond donors (Lipinski definition) is 0. The van der Waals surface area contributed by atoms with E-state index in [2.05, 4.69) is 19.1 Å². The molecule has 0 radical (unpaired) electrons. The van der Waals surface area contributed by atoms with Crippen LogP contribution >= 0.6 is 34.7 Å². The van der Waals surface area contributed by atoms with E-state index in [1.54, 1.807) is 18.4 Å². The van der Waals surface area contributed by atoms with Crippen LogP contribution in [-0.2, 0) is 17.0 Å². The number of fused-ring (bicyclic) bond motifs is 1. The summed E-state index contributed by atoms with van der Waals surface area (Å²) in [4.78, 5) is 31.9. The van der Waals surface area contributed by atoms with Crippen molar-refractivity contribution in [2.75, 3.05) is 6.61 Å². The number of halogens is 1. The first kappa shape index (κ1) is 23.5. The molecule has 0 aliphatic carbocycles. The summed E-state index contributed by atoms with van der Waals surface area (Å²) in [7, 11) is 0. The van der Waals surface area contributed by atoms with Gasteiger partial charge in [-0.2, -0.15) is 0 Å². The van der Waals surface area contributed by atoms with Crippen LogP contribution in [0.5, 0.6) is 0 Å². The highest BCUT2D eigenvalue weighted by atomic mass is 35.5. The zero-order chi connectivity index (χ0) is 23.5. The van der Waals surface area contributed by atoms with Gasteiger partial charge in [0.25, 0.3) is 5.56 Å². The van der Waals surface area contributed by atoms with Gasteiger partial charge in [-0.05, 0) is 49.1 Å². The number of thiophene rings is 1. The highest BCUT2D eigenvalue weighted by Crippen LogP contribution is 2.31. The lowest BCUT2D eigenvalue weighted by atomic mass is 10.1. The second-order valence-electron chi connectivity index (χ2n) is 7.55. The third-order valence-electron chi connectivity index (χ3n) is 5.38. The molecule has 4 rings (SSSR count). The Morgan fingerprint density at radius 2 is 1.82 bits per heavy atom. The molecule has 33 heavy (non-hydrogen) atoms. The predicted octanol–water partition coefficient (Wildman–Crippen LogP) is 6.25. The molecule has 0 saturated carbocycles. The van der Waals surface area contributed by atoms with Crippen molar-refractivity contribution in [3.63, 3.8) is 0 Å². The van der Waals surface area contributed by atoms with E-state index < -0.39 is 5.97 Å². The second-order valence-corrected chi connectivity index (χ2v) is 9.90. The van der Waals surface area contributed by atoms with E-state index in [0.29, 0.717) is 43.1 Å². The van der Waals surface area contributed by atoms with Crippen molar-refractivity contribution in [1.82, 2.24) is 9.55 Å². The number of aryl methyl sites for hydroxylation is 2. The largest absolute Gasteiger partial charge is 0.462 e. The summed E-state index contributed by atoms with van der Waals surface area (Å²) in [6.07, 6.45) is 0. The van der Waals surface area contributed by atoms with Gasteiger partial charge in [-0.25, -0.2) is 9.78 Å². The van der Waals surface area contributed by atoms with E-state index in [9.17, 15) is 9.59 Å². The normalized spacial score (nSPS) is 11.2. The van der Waals surface area contributed by atoms with Crippen molar-refractivity contribution >= 4 is 50.9 Å². The van der Waals surface area contributed by atoms with Crippen LogP contribution in [0.15, 0.2) is 58.5 Å². The number of ether oxygens (including phenoxy) is 1. The average molecular weight is 499 g/mol. The molecule has 2 aromatic heterocycles. The molecule has 2 aromatic carbocycles. The van der Waals surface area contributed by atoms with Crippen LogP contribution in [0.2, 0.25) is 5.02 Å². The molecular formula is C25H23ClN2O3S2. The van der Waals surface area contributed by atoms with Crippen LogP contribution in [0.3, 0.4) is 0 Å². The molecular weight excluding hydrogens is 476 g/mol. The van der Waals surface area contributed by atoms with E-state index in [1.165, 1.54) is 34.2 Å². The Morgan fingerprint density at radius 1 is 1.12 bits per heavy atom. The number of aromatic nitrogens is 2. The smallest absolute Gasteiger partial charge is 0.348 e. The zero-order valence-corrected chi connectivity index (χ0v) is 20.9. The SMILES string of the molecule is CCOC(=O)c1sc2nc(SCc3ccccc3C)n(Cc3ccccc3Cl)c(=O)c2c1C. The fourth-order valence-electron chi connectivity index (χ4n) is 3.55. The van der Waals surface area contributed by atoms with E-state index >= 15 is 0 Å². The minimum atomic E-state index is -0.427. The molecule has 0 unspecified atom stereocenters. The topological polar surface area (TPSA) is 61.2 Å². The molecule has 0 saturated heterocycles. The minimum absolute atomic E-state index is 0.184. The average Bonchev–Trinajstić information content (AvgIpc) is 3.13. The first-order valence-electron chi connectivity index (χ1n) is 10.5. The fraction of sp³-hybridized carbons (Fsp3) is 0.240. The third-order valence-corrected chi connectivity index (χ3v) is 7.94. The molecule has 0 amide bonds. The Morgan fingerprint density at radius 3 is 2.52 bits per heavy atom. The zero-order valence-electron chi connectivity index (χ0n) is 18.6. The molecule has 0 atom stereocenters. The maximum atomic E-state index is 13.7. The van der Waals surface area contributed by atoms with Crippen LogP contribution in [0.1, 0.15) is 38.8 Å². The summed E-state index contributed by atoms with van der Waals surface area (Å²) in [6, 6.07) is 15.6. The summed E-state index contributed by atoms with van der Waals surface area (Å²) in [5.41, 5.74) is 3.61. The van der Waals surface area contributed by atoms with Gasteiger partial charge >= 0.3 is 5.97 Å². The number of esters is 1. The molecule has 0 bridgehead atoms. The van der Waals surface area contributed by atoms with Gasteiger partial charge in [-0.15, -0.1) is 11.3 Å². The van der Waals surface area contributed by atoms with Gasteiger partial charge in [-0.1, -0.05) is 65.8 Å². The van der Waals surface area contributed by atoms with Crippen molar-refractivity contribution in [2.45, 2.75) is 38.2 Å². The van der Waals surface area contributed by atoms with Crippen LogP contribution in [-0.4, -0.2) is 22.1 Å². The summed E-state index contributed by atoms with van der Waals surface area (Å²) in [5, 5.41) is 1.64. The van der Waals surface area contributed by atoms with E-state index in [-0.39, 0.29) is 12.2 Å². The lowest BCUT2D eigenvalue weighted by Crippen LogP contribution is -2.24. The van der Waals surface area contributed by atoms with Crippen LogP contribution < -0.4 is 5.56 Å². The molecule has 5 nitrogen and oxygen atoms in total. The maximum Gasteiger partial charge on any atom is 0.348 e. The molecule has 2 heterocycles. The predicted molar refractivity (Wildman–Crippen MR) is 136 cm³/mol. The van der Waals surface area contributed by atoms with Crippen molar-refractivity contribution < 1.29 is 9.53 Å². The molecule has 4 aromatic rings. The van der Waals surface area contributed by atoms with E-state index in [4.69, 9.17) is 21.3 Å². The third kappa shape index (κ3) is 4.86. The van der Waals surface area contributed by atoms with Gasteiger partial charge in [0, 0.05) is 10.8 Å².